The van der Waals surface area contributed by atoms with E-state index in [1.54, 1.807) is 4.90 Å². The van der Waals surface area contributed by atoms with E-state index in [1.807, 2.05) is 6.92 Å². The normalized spacial score (nSPS) is 22.9. The van der Waals surface area contributed by atoms with Crippen molar-refractivity contribution in [1.29, 1.82) is 0 Å². The van der Waals surface area contributed by atoms with Crippen LogP contribution in [0.1, 0.15) is 19.8 Å². The van der Waals surface area contributed by atoms with Crippen molar-refractivity contribution in [3.63, 3.8) is 0 Å². The number of likely N-dealkylation sites (tertiary alicyclic amines) is 1. The third kappa shape index (κ3) is 2.71. The molecule has 2 amide bonds. The molecule has 0 radical (unpaired) electrons. The molecule has 1 fully saturated rings. The van der Waals surface area contributed by atoms with Crippen LogP contribution in [0.5, 0.6) is 0 Å². The van der Waals surface area contributed by atoms with E-state index < -0.39 is 11.9 Å². The van der Waals surface area contributed by atoms with Gasteiger partial charge in [-0.1, -0.05) is 6.92 Å². The number of nitrogens with two attached hydrogens (primary N) is 1. The second kappa shape index (κ2) is 5.16. The molecular weight excluding hydrogens is 214 g/mol. The smallest absolute Gasteiger partial charge is 0.240 e. The van der Waals surface area contributed by atoms with E-state index in [1.165, 1.54) is 0 Å². The summed E-state index contributed by atoms with van der Waals surface area (Å²) in [5.74, 6) is -0.325. The van der Waals surface area contributed by atoms with Crippen LogP contribution in [0.2, 0.25) is 0 Å². The Labute approximate surface area is 94.2 Å². The van der Waals surface area contributed by atoms with Crippen molar-refractivity contribution in [2.75, 3.05) is 13.1 Å². The van der Waals surface area contributed by atoms with Gasteiger partial charge in [0.05, 0.1) is 6.54 Å². The van der Waals surface area contributed by atoms with Gasteiger partial charge in [-0.25, -0.2) is 4.36 Å². The molecule has 0 bridgehead atoms. The van der Waals surface area contributed by atoms with Gasteiger partial charge in [0, 0.05) is 31.3 Å². The summed E-state index contributed by atoms with van der Waals surface area (Å²) in [6.45, 7) is 2.88. The lowest BCUT2D eigenvalue weighted by molar-refractivity contribution is -0.136. The van der Waals surface area contributed by atoms with E-state index in [9.17, 15) is 9.59 Å². The molecular formula is C9H15N3O2S. The predicted octanol–water partition coefficient (Wildman–Crippen LogP) is -0.171. The van der Waals surface area contributed by atoms with Crippen LogP contribution in [0.4, 0.5) is 0 Å². The molecule has 0 spiro atoms. The van der Waals surface area contributed by atoms with Gasteiger partial charge >= 0.3 is 0 Å². The largest absolute Gasteiger partial charge is 0.368 e. The van der Waals surface area contributed by atoms with Gasteiger partial charge in [0.2, 0.25) is 11.8 Å². The number of carbonyl (C=O) groups excluding carboxylic acids is 2. The zero-order chi connectivity index (χ0) is 11.4. The Morgan fingerprint density at radius 1 is 1.80 bits per heavy atom. The molecule has 1 unspecified atom stereocenters. The maximum Gasteiger partial charge on any atom is 0.240 e. The fourth-order valence-corrected chi connectivity index (χ4v) is 2.12. The second-order valence-electron chi connectivity index (χ2n) is 3.75. The summed E-state index contributed by atoms with van der Waals surface area (Å²) < 4.78 is 3.60. The first-order valence-electron chi connectivity index (χ1n) is 4.98. The third-order valence-corrected chi connectivity index (χ3v) is 2.81. The second-order valence-corrected chi connectivity index (χ2v) is 4.01. The fourth-order valence-electron chi connectivity index (χ4n) is 1.91. The molecule has 5 nitrogen and oxygen atoms in total. The van der Waals surface area contributed by atoms with Gasteiger partial charge in [0.1, 0.15) is 6.04 Å². The van der Waals surface area contributed by atoms with E-state index in [-0.39, 0.29) is 11.8 Å². The van der Waals surface area contributed by atoms with Crippen molar-refractivity contribution in [3.8, 4) is 0 Å². The lowest BCUT2D eigenvalue weighted by Crippen LogP contribution is -2.45. The molecule has 0 aromatic heterocycles. The summed E-state index contributed by atoms with van der Waals surface area (Å²) in [6.07, 6.45) is 0.975. The highest BCUT2D eigenvalue weighted by Gasteiger charge is 2.35. The van der Waals surface area contributed by atoms with Gasteiger partial charge in [-0.05, 0) is 6.42 Å². The Bertz CT molecular complexity index is 283. The minimum Gasteiger partial charge on any atom is -0.368 e. The van der Waals surface area contributed by atoms with Crippen LogP contribution < -0.4 is 5.73 Å². The summed E-state index contributed by atoms with van der Waals surface area (Å²) in [4.78, 5) is 24.3. The van der Waals surface area contributed by atoms with E-state index in [2.05, 4.69) is 16.8 Å². The molecule has 1 aliphatic heterocycles. The van der Waals surface area contributed by atoms with Crippen LogP contribution in [0.3, 0.4) is 0 Å². The van der Waals surface area contributed by atoms with E-state index in [4.69, 9.17) is 5.73 Å². The molecule has 2 N–H and O–H groups in total. The molecule has 1 aliphatic rings. The average Bonchev–Trinajstić information content (AvgIpc) is 2.49. The topological polar surface area (TPSA) is 75.8 Å². The number of nitrogens with zero attached hydrogens (tertiary/aromatic N) is 2. The predicted molar refractivity (Wildman–Crippen MR) is 57.8 cm³/mol. The summed E-state index contributed by atoms with van der Waals surface area (Å²) in [6, 6.07) is -0.479. The Hall–Kier alpha value is -1.04. The molecule has 15 heavy (non-hydrogen) atoms. The molecule has 0 aromatic rings. The van der Waals surface area contributed by atoms with Gasteiger partial charge in [-0.3, -0.25) is 9.59 Å². The van der Waals surface area contributed by atoms with Crippen LogP contribution in [0.25, 0.3) is 0 Å². The zero-order valence-corrected chi connectivity index (χ0v) is 9.50. The molecule has 1 rings (SSSR count). The molecule has 0 aromatic carbocycles. The molecule has 2 atom stereocenters. The van der Waals surface area contributed by atoms with Crippen LogP contribution in [-0.4, -0.2) is 35.8 Å². The van der Waals surface area contributed by atoms with Gasteiger partial charge in [0.15, 0.2) is 0 Å². The van der Waals surface area contributed by atoms with Gasteiger partial charge in [0.25, 0.3) is 0 Å². The lowest BCUT2D eigenvalue weighted by Gasteiger charge is -2.24. The minimum absolute atomic E-state index is 0.0238. The highest BCUT2D eigenvalue weighted by atomic mass is 32.1. The molecule has 1 heterocycles. The first-order chi connectivity index (χ1) is 7.10. The fraction of sp³-hybridized carbons (Fsp3) is 0.778. The van der Waals surface area contributed by atoms with Gasteiger partial charge < -0.3 is 10.6 Å². The van der Waals surface area contributed by atoms with Crippen molar-refractivity contribution in [3.05, 3.63) is 0 Å². The Balaban J connectivity index is 2.66. The zero-order valence-electron chi connectivity index (χ0n) is 8.68. The molecule has 84 valence electrons. The summed E-state index contributed by atoms with van der Waals surface area (Å²) in [7, 11) is 0. The average molecular weight is 229 g/mol. The van der Waals surface area contributed by atoms with Crippen molar-refractivity contribution in [2.24, 2.45) is 16.0 Å². The van der Waals surface area contributed by atoms with E-state index in [0.717, 1.165) is 0 Å². The first kappa shape index (κ1) is 12.0. The Morgan fingerprint density at radius 3 is 2.93 bits per heavy atom. The van der Waals surface area contributed by atoms with Gasteiger partial charge in [-0.15, -0.1) is 0 Å². The number of hydrogen-bond acceptors (Lipinski definition) is 4. The van der Waals surface area contributed by atoms with E-state index in [0.29, 0.717) is 25.9 Å². The van der Waals surface area contributed by atoms with Crippen molar-refractivity contribution < 1.29 is 9.59 Å². The maximum atomic E-state index is 11.6. The highest BCUT2D eigenvalue weighted by Crippen LogP contribution is 2.21. The summed E-state index contributed by atoms with van der Waals surface area (Å²) in [5, 5.41) is 0. The van der Waals surface area contributed by atoms with Crippen LogP contribution in [0, 0.1) is 5.92 Å². The quantitative estimate of drug-likeness (QED) is 0.711. The van der Waals surface area contributed by atoms with Crippen molar-refractivity contribution >= 4 is 24.2 Å². The number of carbonyl (C=O) groups is 2. The van der Waals surface area contributed by atoms with Crippen LogP contribution >= 0.6 is 0 Å². The first-order valence-corrected chi connectivity index (χ1v) is 5.34. The third-order valence-electron chi connectivity index (χ3n) is 2.66. The highest BCUT2D eigenvalue weighted by molar-refractivity contribution is 7.47. The standard InChI is InChI=1S/C9H15N3O2S/c1-2-7(9(10)14)12-5-6(4-11-15)3-8(12)13/h6-7H,2-5H2,1H3,(H2,10,14)/t6?,7-/m0/s1. The molecule has 6 heteroatoms. The SMILES string of the molecule is CC[C@@H](C(N)=O)N1CC(CN=S)CC1=O. The molecule has 0 saturated carbocycles. The molecule has 1 saturated heterocycles. The lowest BCUT2D eigenvalue weighted by atomic mass is 10.1. The van der Waals surface area contributed by atoms with Gasteiger partial charge in [-0.2, -0.15) is 0 Å². The number of hydrogen-bond donors (Lipinski definition) is 1. The van der Waals surface area contributed by atoms with Crippen molar-refractivity contribution in [2.45, 2.75) is 25.8 Å². The van der Waals surface area contributed by atoms with E-state index >= 15 is 0 Å². The number of rotatable bonds is 5. The van der Waals surface area contributed by atoms with Crippen LogP contribution in [-0.2, 0) is 22.0 Å². The summed E-state index contributed by atoms with van der Waals surface area (Å²) >= 11 is 4.52. The molecule has 0 aliphatic carbocycles. The maximum absolute atomic E-state index is 11.6. The Morgan fingerprint density at radius 2 is 2.47 bits per heavy atom. The van der Waals surface area contributed by atoms with Crippen molar-refractivity contribution in [1.82, 2.24) is 4.90 Å². The van der Waals surface area contributed by atoms with Crippen LogP contribution in [0.15, 0.2) is 4.36 Å². The number of amides is 2. The Kier molecular flexibility index (Phi) is 4.14. The number of primary amides is 1. The minimum atomic E-state index is -0.479. The summed E-state index contributed by atoms with van der Waals surface area (Å²) in [5.41, 5.74) is 5.23. The monoisotopic (exact) mass is 229 g/mol.